The summed E-state index contributed by atoms with van der Waals surface area (Å²) in [7, 11) is 0. The summed E-state index contributed by atoms with van der Waals surface area (Å²) in [5, 5.41) is 5.06. The van der Waals surface area contributed by atoms with Gasteiger partial charge < -0.3 is 10.2 Å². The summed E-state index contributed by atoms with van der Waals surface area (Å²) in [6.45, 7) is 4.25. The standard InChI is InChI=1S/C28H27N3O2S/c1-20-8-6-9-21(2)26(20)30-28(33)27(23-13-15-29-16-14-23)31(19-22-10-4-3-5-11-22)25(32)18-24-12-7-17-34-24/h3-17,27H,18-19H2,1-2H3,(H,30,33)/t27-/m1/s1. The molecule has 34 heavy (non-hydrogen) atoms. The van der Waals surface area contributed by atoms with Crippen molar-refractivity contribution in [2.24, 2.45) is 0 Å². The van der Waals surface area contributed by atoms with E-state index in [1.807, 2.05) is 79.9 Å². The average Bonchev–Trinajstić information content (AvgIpc) is 3.35. The van der Waals surface area contributed by atoms with Gasteiger partial charge in [0.1, 0.15) is 6.04 Å². The van der Waals surface area contributed by atoms with Crippen molar-refractivity contribution in [3.8, 4) is 0 Å². The average molecular weight is 470 g/mol. The fourth-order valence-electron chi connectivity index (χ4n) is 3.99. The molecular formula is C28H27N3O2S. The van der Waals surface area contributed by atoms with E-state index in [1.165, 1.54) is 11.3 Å². The molecule has 0 bridgehead atoms. The summed E-state index contributed by atoms with van der Waals surface area (Å²) < 4.78 is 0. The van der Waals surface area contributed by atoms with Crippen LogP contribution in [0.15, 0.2) is 90.6 Å². The summed E-state index contributed by atoms with van der Waals surface area (Å²) in [4.78, 5) is 34.2. The number of carbonyl (C=O) groups excluding carboxylic acids is 2. The molecule has 2 aromatic carbocycles. The molecule has 0 aliphatic rings. The van der Waals surface area contributed by atoms with Gasteiger partial charge in [-0.1, -0.05) is 54.6 Å². The SMILES string of the molecule is Cc1cccc(C)c1NC(=O)[C@@H](c1ccncc1)N(Cc1ccccc1)C(=O)Cc1cccs1. The molecule has 0 radical (unpaired) electrons. The molecule has 0 aliphatic heterocycles. The number of pyridine rings is 1. The topological polar surface area (TPSA) is 62.3 Å². The normalized spacial score (nSPS) is 11.6. The Bertz CT molecular complexity index is 1220. The molecule has 6 heteroatoms. The molecule has 0 aliphatic carbocycles. The van der Waals surface area contributed by atoms with Crippen molar-refractivity contribution in [1.29, 1.82) is 0 Å². The number of carbonyl (C=O) groups is 2. The Hall–Kier alpha value is -3.77. The van der Waals surface area contributed by atoms with Crippen molar-refractivity contribution >= 4 is 28.8 Å². The second-order valence-electron chi connectivity index (χ2n) is 8.20. The molecule has 2 aromatic heterocycles. The molecule has 0 unspecified atom stereocenters. The molecule has 4 rings (SSSR count). The van der Waals surface area contributed by atoms with E-state index in [-0.39, 0.29) is 18.2 Å². The molecule has 172 valence electrons. The van der Waals surface area contributed by atoms with Crippen LogP contribution in [0, 0.1) is 13.8 Å². The van der Waals surface area contributed by atoms with Crippen molar-refractivity contribution in [1.82, 2.24) is 9.88 Å². The third-order valence-corrected chi connectivity index (χ3v) is 6.61. The minimum Gasteiger partial charge on any atom is -0.323 e. The van der Waals surface area contributed by atoms with Gasteiger partial charge in [0.2, 0.25) is 5.91 Å². The van der Waals surface area contributed by atoms with Crippen LogP contribution in [0.3, 0.4) is 0 Å². The molecule has 4 aromatic rings. The van der Waals surface area contributed by atoms with Crippen molar-refractivity contribution in [2.45, 2.75) is 32.9 Å². The number of aryl methyl sites for hydroxylation is 2. The highest BCUT2D eigenvalue weighted by Gasteiger charge is 2.32. The molecule has 0 fully saturated rings. The Balaban J connectivity index is 1.74. The number of thiophene rings is 1. The lowest BCUT2D eigenvalue weighted by molar-refractivity contribution is -0.139. The maximum atomic E-state index is 13.8. The Kier molecular flexibility index (Phi) is 7.50. The molecule has 0 saturated heterocycles. The molecule has 2 amide bonds. The van der Waals surface area contributed by atoms with E-state index < -0.39 is 6.04 Å². The lowest BCUT2D eigenvalue weighted by atomic mass is 10.0. The quantitative estimate of drug-likeness (QED) is 0.359. The summed E-state index contributed by atoms with van der Waals surface area (Å²) in [5.74, 6) is -0.358. The number of aromatic nitrogens is 1. The molecule has 0 spiro atoms. The number of nitrogens with zero attached hydrogens (tertiary/aromatic N) is 2. The van der Waals surface area contributed by atoms with E-state index in [2.05, 4.69) is 10.3 Å². The number of para-hydroxylation sites is 1. The van der Waals surface area contributed by atoms with Gasteiger partial charge in [-0.25, -0.2) is 0 Å². The number of rotatable bonds is 8. The lowest BCUT2D eigenvalue weighted by Crippen LogP contribution is -2.41. The van der Waals surface area contributed by atoms with Crippen molar-refractivity contribution in [2.75, 3.05) is 5.32 Å². The minimum absolute atomic E-state index is 0.107. The van der Waals surface area contributed by atoms with Gasteiger partial charge in [0.05, 0.1) is 6.42 Å². The number of hydrogen-bond acceptors (Lipinski definition) is 4. The summed E-state index contributed by atoms with van der Waals surface area (Å²) in [6.07, 6.45) is 3.54. The first-order valence-electron chi connectivity index (χ1n) is 11.2. The first kappa shape index (κ1) is 23.4. The van der Waals surface area contributed by atoms with Crippen LogP contribution in [-0.2, 0) is 22.6 Å². The van der Waals surface area contributed by atoms with Crippen molar-refractivity contribution in [3.63, 3.8) is 0 Å². The van der Waals surface area contributed by atoms with Crippen LogP contribution in [0.25, 0.3) is 0 Å². The van der Waals surface area contributed by atoms with Crippen LogP contribution >= 0.6 is 11.3 Å². The predicted molar refractivity (Wildman–Crippen MR) is 137 cm³/mol. The second-order valence-corrected chi connectivity index (χ2v) is 9.23. The molecule has 2 heterocycles. The number of anilines is 1. The lowest BCUT2D eigenvalue weighted by Gasteiger charge is -2.32. The first-order chi connectivity index (χ1) is 16.5. The number of benzene rings is 2. The monoisotopic (exact) mass is 469 g/mol. The number of nitrogens with one attached hydrogen (secondary N) is 1. The van der Waals surface area contributed by atoms with Gasteiger partial charge >= 0.3 is 0 Å². The van der Waals surface area contributed by atoms with E-state index in [1.54, 1.807) is 29.4 Å². The molecule has 5 nitrogen and oxygen atoms in total. The van der Waals surface area contributed by atoms with Crippen LogP contribution in [0.2, 0.25) is 0 Å². The zero-order valence-corrected chi connectivity index (χ0v) is 20.1. The predicted octanol–water partition coefficient (Wildman–Crippen LogP) is 5.71. The summed E-state index contributed by atoms with van der Waals surface area (Å²) in [6, 6.07) is 22.3. The van der Waals surface area contributed by atoms with Gasteiger partial charge in [-0.05, 0) is 59.7 Å². The third-order valence-electron chi connectivity index (χ3n) is 5.73. The summed E-state index contributed by atoms with van der Waals surface area (Å²) in [5.41, 5.74) is 4.40. The van der Waals surface area contributed by atoms with Crippen molar-refractivity contribution < 1.29 is 9.59 Å². The first-order valence-corrected chi connectivity index (χ1v) is 12.0. The van der Waals surface area contributed by atoms with Crippen molar-refractivity contribution in [3.05, 3.63) is 118 Å². The van der Waals surface area contributed by atoms with Crippen LogP contribution < -0.4 is 5.32 Å². The van der Waals surface area contributed by atoms with Crippen LogP contribution in [0.1, 0.15) is 33.2 Å². The van der Waals surface area contributed by atoms with E-state index >= 15 is 0 Å². The highest BCUT2D eigenvalue weighted by molar-refractivity contribution is 7.10. The fraction of sp³-hybridized carbons (Fsp3) is 0.179. The van der Waals surface area contributed by atoms with Crippen LogP contribution in [-0.4, -0.2) is 21.7 Å². The van der Waals surface area contributed by atoms with E-state index in [9.17, 15) is 9.59 Å². The molecule has 0 saturated carbocycles. The third kappa shape index (κ3) is 5.58. The Morgan fingerprint density at radius 2 is 1.62 bits per heavy atom. The highest BCUT2D eigenvalue weighted by atomic mass is 32.1. The van der Waals surface area contributed by atoms with Gasteiger partial charge in [-0.3, -0.25) is 14.6 Å². The number of amides is 2. The van der Waals surface area contributed by atoms with Gasteiger partial charge in [0.15, 0.2) is 0 Å². The summed E-state index contributed by atoms with van der Waals surface area (Å²) >= 11 is 1.54. The molecular weight excluding hydrogens is 442 g/mol. The van der Waals surface area contributed by atoms with Gasteiger partial charge in [0, 0.05) is 29.5 Å². The second kappa shape index (κ2) is 10.9. The van der Waals surface area contributed by atoms with Gasteiger partial charge in [-0.15, -0.1) is 11.3 Å². The minimum atomic E-state index is -0.810. The van der Waals surface area contributed by atoms with Crippen LogP contribution in [0.5, 0.6) is 0 Å². The maximum absolute atomic E-state index is 13.8. The van der Waals surface area contributed by atoms with Gasteiger partial charge in [0.25, 0.3) is 5.91 Å². The highest BCUT2D eigenvalue weighted by Crippen LogP contribution is 2.28. The van der Waals surface area contributed by atoms with E-state index in [0.29, 0.717) is 12.1 Å². The molecule has 1 atom stereocenters. The largest absolute Gasteiger partial charge is 0.323 e. The zero-order chi connectivity index (χ0) is 23.9. The fourth-order valence-corrected chi connectivity index (χ4v) is 4.68. The van der Waals surface area contributed by atoms with Gasteiger partial charge in [-0.2, -0.15) is 0 Å². The number of hydrogen-bond donors (Lipinski definition) is 1. The van der Waals surface area contributed by atoms with Crippen LogP contribution in [0.4, 0.5) is 5.69 Å². The maximum Gasteiger partial charge on any atom is 0.251 e. The van der Waals surface area contributed by atoms with E-state index in [0.717, 1.165) is 27.3 Å². The zero-order valence-electron chi connectivity index (χ0n) is 19.3. The Morgan fingerprint density at radius 1 is 0.912 bits per heavy atom. The smallest absolute Gasteiger partial charge is 0.251 e. The Labute approximate surface area is 204 Å². The Morgan fingerprint density at radius 3 is 2.26 bits per heavy atom. The molecule has 1 N–H and O–H groups in total. The van der Waals surface area contributed by atoms with E-state index in [4.69, 9.17) is 0 Å².